The van der Waals surface area contributed by atoms with Crippen molar-refractivity contribution in [1.82, 2.24) is 0 Å². The van der Waals surface area contributed by atoms with Crippen LogP contribution in [-0.4, -0.2) is 72.7 Å². The second-order valence-corrected chi connectivity index (χ2v) is 5.41. The van der Waals surface area contributed by atoms with Crippen LogP contribution < -0.4 is 0 Å². The molecule has 0 bridgehead atoms. The Morgan fingerprint density at radius 3 is 2.00 bits per heavy atom. The van der Waals surface area contributed by atoms with E-state index in [9.17, 15) is 24.3 Å². The van der Waals surface area contributed by atoms with Crippen LogP contribution in [0.3, 0.4) is 0 Å². The van der Waals surface area contributed by atoms with E-state index < -0.39 is 67.6 Å². The molecule has 1 heterocycles. The first-order valence-corrected chi connectivity index (χ1v) is 7.39. The van der Waals surface area contributed by atoms with E-state index in [1.807, 2.05) is 0 Å². The topological polar surface area (TPSA) is 135 Å². The van der Waals surface area contributed by atoms with E-state index in [1.165, 1.54) is 0 Å². The highest BCUT2D eigenvalue weighted by Crippen LogP contribution is 2.35. The van der Waals surface area contributed by atoms with E-state index >= 15 is 0 Å². The lowest BCUT2D eigenvalue weighted by molar-refractivity contribution is -0.309. The number of carbonyl (C=O) groups excluding carboxylic acids is 4. The van der Waals surface area contributed by atoms with Crippen LogP contribution in [0.5, 0.6) is 0 Å². The largest absolute Gasteiger partial charge is 0.462 e. The fourth-order valence-electron chi connectivity index (χ4n) is 2.18. The van der Waals surface area contributed by atoms with Crippen LogP contribution in [0.15, 0.2) is 0 Å². The third kappa shape index (κ3) is 5.98. The zero-order valence-corrected chi connectivity index (χ0v) is 14.3. The number of hydrogen-bond acceptors (Lipinski definition) is 10. The Morgan fingerprint density at radius 2 is 1.56 bits per heavy atom. The van der Waals surface area contributed by atoms with E-state index in [0.29, 0.717) is 0 Å². The first-order valence-electron chi connectivity index (χ1n) is 7.97. The van der Waals surface area contributed by atoms with Crippen LogP contribution >= 0.6 is 0 Å². The third-order valence-electron chi connectivity index (χ3n) is 3.23. The molecule has 0 saturated carbocycles. The highest BCUT2D eigenvalue weighted by atomic mass is 16.6. The monoisotopic (exact) mass is 363 g/mol. The van der Waals surface area contributed by atoms with Gasteiger partial charge < -0.3 is 28.8 Å². The summed E-state index contributed by atoms with van der Waals surface area (Å²) < 4.78 is 32.5. The quantitative estimate of drug-likeness (QED) is 0.427. The van der Waals surface area contributed by atoms with Gasteiger partial charge in [-0.1, -0.05) is 0 Å². The molecular weight excluding hydrogens is 340 g/mol. The van der Waals surface area contributed by atoms with Crippen LogP contribution in [-0.2, 0) is 42.9 Å². The molecule has 0 aromatic heterocycles. The standard InChI is InChI=1S/C15H22O10/c1-8(16)21-5-12(24-10(3)18)14-15(20,7-23-14)13(25-11(4)19)6-22-9(2)17/h12-14,20H,5-7H2,1-4H3/t12-,13-,14-,15-/m1/s1/i7D/t7?,12-,13-,14-,15-. The van der Waals surface area contributed by atoms with Crippen LogP contribution in [0.1, 0.15) is 29.1 Å². The Labute approximate surface area is 145 Å². The van der Waals surface area contributed by atoms with Gasteiger partial charge in [0.25, 0.3) is 0 Å². The van der Waals surface area contributed by atoms with Crippen molar-refractivity contribution in [2.24, 2.45) is 0 Å². The van der Waals surface area contributed by atoms with E-state index in [1.54, 1.807) is 0 Å². The molecule has 0 aromatic rings. The number of aliphatic hydroxyl groups is 1. The molecule has 5 atom stereocenters. The van der Waals surface area contributed by atoms with E-state index in [4.69, 9.17) is 25.1 Å². The molecule has 1 N–H and O–H groups in total. The van der Waals surface area contributed by atoms with Gasteiger partial charge in [-0.25, -0.2) is 0 Å². The van der Waals surface area contributed by atoms with Gasteiger partial charge in [-0.15, -0.1) is 0 Å². The van der Waals surface area contributed by atoms with Gasteiger partial charge in [0, 0.05) is 27.7 Å². The van der Waals surface area contributed by atoms with Crippen molar-refractivity contribution in [3.05, 3.63) is 0 Å². The van der Waals surface area contributed by atoms with E-state index in [2.05, 4.69) is 0 Å². The number of carbonyl (C=O) groups is 4. The van der Waals surface area contributed by atoms with Crippen molar-refractivity contribution >= 4 is 23.9 Å². The summed E-state index contributed by atoms with van der Waals surface area (Å²) in [5, 5.41) is 10.9. The van der Waals surface area contributed by atoms with Gasteiger partial charge in [-0.3, -0.25) is 19.2 Å². The van der Waals surface area contributed by atoms with Crippen LogP contribution in [0.4, 0.5) is 0 Å². The average Bonchev–Trinajstić information content (AvgIpc) is 2.51. The van der Waals surface area contributed by atoms with Crippen molar-refractivity contribution in [2.45, 2.75) is 51.6 Å². The summed E-state index contributed by atoms with van der Waals surface area (Å²) in [5.41, 5.74) is -2.17. The number of esters is 4. The second kappa shape index (κ2) is 8.77. The Bertz CT molecular complexity index is 565. The van der Waals surface area contributed by atoms with Gasteiger partial charge in [0.2, 0.25) is 0 Å². The fraction of sp³-hybridized carbons (Fsp3) is 0.733. The summed E-state index contributed by atoms with van der Waals surface area (Å²) in [6, 6.07) is 0. The fourth-order valence-corrected chi connectivity index (χ4v) is 2.18. The van der Waals surface area contributed by atoms with Crippen LogP contribution in [0.25, 0.3) is 0 Å². The minimum atomic E-state index is -2.17. The van der Waals surface area contributed by atoms with Gasteiger partial charge in [0.15, 0.2) is 17.8 Å². The highest BCUT2D eigenvalue weighted by molar-refractivity contribution is 5.68. The predicted octanol–water partition coefficient (Wildman–Crippen LogP) is -0.894. The maximum atomic E-state index is 11.3. The second-order valence-electron chi connectivity index (χ2n) is 5.41. The van der Waals surface area contributed by atoms with Crippen LogP contribution in [0, 0.1) is 0 Å². The van der Waals surface area contributed by atoms with Crippen molar-refractivity contribution in [3.63, 3.8) is 0 Å². The molecule has 1 aliphatic rings. The van der Waals surface area contributed by atoms with Gasteiger partial charge in [-0.05, 0) is 0 Å². The van der Waals surface area contributed by atoms with Gasteiger partial charge >= 0.3 is 23.9 Å². The first kappa shape index (κ1) is 19.1. The number of hydrogen-bond donors (Lipinski definition) is 1. The van der Waals surface area contributed by atoms with Crippen molar-refractivity contribution in [2.75, 3.05) is 19.8 Å². The predicted molar refractivity (Wildman–Crippen MR) is 79.1 cm³/mol. The van der Waals surface area contributed by atoms with Gasteiger partial charge in [-0.2, -0.15) is 0 Å². The van der Waals surface area contributed by atoms with Gasteiger partial charge in [0.1, 0.15) is 19.3 Å². The Hall–Kier alpha value is -2.20. The SMILES string of the molecule is [2H]C1O[C@H]([C@@H](COC(C)=O)OC(C)=O)[C@]1(O)[C@@H](COC(C)=O)OC(C)=O. The Morgan fingerprint density at radius 1 is 1.04 bits per heavy atom. The maximum absolute atomic E-state index is 11.3. The molecule has 10 nitrogen and oxygen atoms in total. The summed E-state index contributed by atoms with van der Waals surface area (Å²) >= 11 is 0. The van der Waals surface area contributed by atoms with Crippen LogP contribution in [0.2, 0.25) is 0 Å². The summed E-state index contributed by atoms with van der Waals surface area (Å²) in [6.45, 7) is 1.84. The molecule has 25 heavy (non-hydrogen) atoms. The van der Waals surface area contributed by atoms with Crippen molar-refractivity contribution in [3.8, 4) is 0 Å². The van der Waals surface area contributed by atoms with E-state index in [0.717, 1.165) is 27.7 Å². The molecule has 0 spiro atoms. The lowest BCUT2D eigenvalue weighted by atomic mass is 9.83. The zero-order chi connectivity index (χ0) is 20.1. The zero-order valence-electron chi connectivity index (χ0n) is 15.3. The Kier molecular flexibility index (Phi) is 6.71. The molecule has 0 amide bonds. The normalized spacial score (nSPS) is 27.8. The smallest absolute Gasteiger partial charge is 0.303 e. The van der Waals surface area contributed by atoms with Crippen molar-refractivity contribution in [1.29, 1.82) is 0 Å². The first-order chi connectivity index (χ1) is 12.0. The maximum Gasteiger partial charge on any atom is 0.303 e. The lowest BCUT2D eigenvalue weighted by Gasteiger charge is -2.50. The summed E-state index contributed by atoms with van der Waals surface area (Å²) in [7, 11) is 0. The molecule has 0 aliphatic carbocycles. The molecule has 0 radical (unpaired) electrons. The summed E-state index contributed by atoms with van der Waals surface area (Å²) in [6.07, 6.45) is -4.08. The third-order valence-corrected chi connectivity index (χ3v) is 3.23. The highest BCUT2D eigenvalue weighted by Gasteiger charge is 2.59. The summed E-state index contributed by atoms with van der Waals surface area (Å²) in [4.78, 5) is 44.7. The van der Waals surface area contributed by atoms with Gasteiger partial charge in [0.05, 0.1) is 7.95 Å². The molecule has 142 valence electrons. The number of rotatable bonds is 8. The summed E-state index contributed by atoms with van der Waals surface area (Å²) in [5.74, 6) is -2.90. The minimum absolute atomic E-state index is 0.449. The molecule has 10 heteroatoms. The minimum Gasteiger partial charge on any atom is -0.462 e. The van der Waals surface area contributed by atoms with Crippen molar-refractivity contribution < 1.29 is 49.3 Å². The Balaban J connectivity index is 3.06. The molecule has 1 unspecified atom stereocenters. The average molecular weight is 363 g/mol. The molecule has 1 aliphatic heterocycles. The van der Waals surface area contributed by atoms with E-state index in [-0.39, 0.29) is 0 Å². The molecule has 1 rings (SSSR count). The lowest BCUT2D eigenvalue weighted by Crippen LogP contribution is -2.71. The molecule has 0 aromatic carbocycles. The number of ether oxygens (including phenoxy) is 5. The molecule has 1 saturated heterocycles. The molecular formula is C15H22O10. The molecule has 1 fully saturated rings.